The molecule has 0 radical (unpaired) electrons. The number of carbonyl (C=O) groups excluding carboxylic acids is 1. The number of amides is 1. The number of fused-ring (bicyclic) bond motifs is 1. The molecule has 2 aromatic rings. The van der Waals surface area contributed by atoms with Crippen LogP contribution < -0.4 is 10.6 Å². The largest absolute Gasteiger partial charge is 0.360 e. The average Bonchev–Trinajstić information content (AvgIpc) is 2.42. The molecule has 0 saturated heterocycles. The summed E-state index contributed by atoms with van der Waals surface area (Å²) in [5.74, 6) is 1.02. The van der Waals surface area contributed by atoms with Gasteiger partial charge in [-0.2, -0.15) is 0 Å². The number of benzene rings is 1. The second-order valence-corrected chi connectivity index (χ2v) is 4.80. The Morgan fingerprint density at radius 3 is 2.74 bits per heavy atom. The van der Waals surface area contributed by atoms with E-state index in [-0.39, 0.29) is 12.5 Å². The van der Waals surface area contributed by atoms with E-state index in [0.717, 1.165) is 11.0 Å². The lowest BCUT2D eigenvalue weighted by Gasteiger charge is -2.09. The third kappa shape index (κ3) is 3.91. The highest BCUT2D eigenvalue weighted by Gasteiger charge is 2.03. The average molecular weight is 258 g/mol. The Hall–Kier alpha value is -2.17. The molecule has 0 fully saturated rings. The van der Waals surface area contributed by atoms with Gasteiger partial charge in [0.2, 0.25) is 5.91 Å². The van der Waals surface area contributed by atoms with Crippen molar-refractivity contribution >= 4 is 22.8 Å². The normalized spacial score (nSPS) is 10.7. The third-order valence-electron chi connectivity index (χ3n) is 2.59. The minimum absolute atomic E-state index is 0.0383. The number of carbonyl (C=O) groups is 1. The molecular formula is C14H18N4O. The lowest BCUT2D eigenvalue weighted by atomic mass is 10.2. The second kappa shape index (κ2) is 6.13. The molecule has 0 saturated carbocycles. The molecule has 1 aromatic heterocycles. The van der Waals surface area contributed by atoms with Crippen molar-refractivity contribution in [3.8, 4) is 0 Å². The standard InChI is InChI=1S/C14H18N4O/c1-10(2)7-17-14(19)9-16-13-8-15-11-5-3-4-6-12(11)18-13/h3-6,8,10H,7,9H2,1-2H3,(H,16,18)(H,17,19). The molecule has 1 amide bonds. The summed E-state index contributed by atoms with van der Waals surface area (Å²) in [6, 6.07) is 7.63. The van der Waals surface area contributed by atoms with Gasteiger partial charge in [-0.05, 0) is 18.1 Å². The lowest BCUT2D eigenvalue weighted by Crippen LogP contribution is -2.32. The number of para-hydroxylation sites is 2. The van der Waals surface area contributed by atoms with Gasteiger partial charge in [0.15, 0.2) is 0 Å². The van der Waals surface area contributed by atoms with Crippen molar-refractivity contribution in [3.05, 3.63) is 30.5 Å². The molecule has 0 aliphatic heterocycles. The monoisotopic (exact) mass is 258 g/mol. The zero-order valence-corrected chi connectivity index (χ0v) is 11.2. The molecule has 0 spiro atoms. The maximum absolute atomic E-state index is 11.6. The fraction of sp³-hybridized carbons (Fsp3) is 0.357. The Kier molecular flexibility index (Phi) is 4.28. The summed E-state index contributed by atoms with van der Waals surface area (Å²) < 4.78 is 0. The number of aromatic nitrogens is 2. The third-order valence-corrected chi connectivity index (χ3v) is 2.59. The van der Waals surface area contributed by atoms with E-state index in [4.69, 9.17) is 0 Å². The van der Waals surface area contributed by atoms with Crippen LogP contribution in [0.3, 0.4) is 0 Å². The van der Waals surface area contributed by atoms with Gasteiger partial charge in [-0.1, -0.05) is 26.0 Å². The van der Waals surface area contributed by atoms with Crippen molar-refractivity contribution in [1.29, 1.82) is 0 Å². The van der Waals surface area contributed by atoms with Crippen molar-refractivity contribution in [1.82, 2.24) is 15.3 Å². The molecule has 0 atom stereocenters. The Labute approximate surface area is 112 Å². The van der Waals surface area contributed by atoms with E-state index >= 15 is 0 Å². The van der Waals surface area contributed by atoms with Gasteiger partial charge in [-0.15, -0.1) is 0 Å². The first-order valence-corrected chi connectivity index (χ1v) is 6.37. The van der Waals surface area contributed by atoms with Crippen LogP contribution in [0.15, 0.2) is 30.5 Å². The SMILES string of the molecule is CC(C)CNC(=O)CNc1cnc2ccccc2n1. The van der Waals surface area contributed by atoms with Crippen molar-refractivity contribution < 1.29 is 4.79 Å². The summed E-state index contributed by atoms with van der Waals surface area (Å²) in [7, 11) is 0. The highest BCUT2D eigenvalue weighted by molar-refractivity contribution is 5.81. The molecule has 100 valence electrons. The lowest BCUT2D eigenvalue weighted by molar-refractivity contribution is -0.119. The Balaban J connectivity index is 1.92. The molecule has 0 aliphatic rings. The van der Waals surface area contributed by atoms with E-state index in [1.165, 1.54) is 0 Å². The van der Waals surface area contributed by atoms with Crippen LogP contribution in [0.4, 0.5) is 5.82 Å². The summed E-state index contributed by atoms with van der Waals surface area (Å²) in [4.78, 5) is 20.2. The minimum atomic E-state index is -0.0383. The summed E-state index contributed by atoms with van der Waals surface area (Å²) >= 11 is 0. The summed E-state index contributed by atoms with van der Waals surface area (Å²) in [5.41, 5.74) is 1.66. The van der Waals surface area contributed by atoms with Gasteiger partial charge in [-0.3, -0.25) is 9.78 Å². The Morgan fingerprint density at radius 2 is 2.00 bits per heavy atom. The quantitative estimate of drug-likeness (QED) is 0.858. The first-order chi connectivity index (χ1) is 9.15. The van der Waals surface area contributed by atoms with Crippen molar-refractivity contribution in [3.63, 3.8) is 0 Å². The van der Waals surface area contributed by atoms with E-state index in [9.17, 15) is 4.79 Å². The summed E-state index contributed by atoms with van der Waals surface area (Å²) in [6.45, 7) is 5.01. The topological polar surface area (TPSA) is 66.9 Å². The van der Waals surface area contributed by atoms with E-state index in [0.29, 0.717) is 18.3 Å². The molecule has 2 rings (SSSR count). The van der Waals surface area contributed by atoms with E-state index in [1.807, 2.05) is 24.3 Å². The van der Waals surface area contributed by atoms with Gasteiger partial charge in [0.25, 0.3) is 0 Å². The predicted molar refractivity (Wildman–Crippen MR) is 75.9 cm³/mol. The van der Waals surface area contributed by atoms with Crippen molar-refractivity contribution in [2.75, 3.05) is 18.4 Å². The number of anilines is 1. The fourth-order valence-corrected chi connectivity index (χ4v) is 1.59. The zero-order valence-electron chi connectivity index (χ0n) is 11.2. The van der Waals surface area contributed by atoms with Crippen LogP contribution >= 0.6 is 0 Å². The first-order valence-electron chi connectivity index (χ1n) is 6.37. The maximum Gasteiger partial charge on any atom is 0.239 e. The highest BCUT2D eigenvalue weighted by atomic mass is 16.1. The molecule has 0 aliphatic carbocycles. The van der Waals surface area contributed by atoms with E-state index < -0.39 is 0 Å². The number of hydrogen-bond donors (Lipinski definition) is 2. The van der Waals surface area contributed by atoms with Crippen LogP contribution in [0.25, 0.3) is 11.0 Å². The second-order valence-electron chi connectivity index (χ2n) is 4.80. The van der Waals surface area contributed by atoms with E-state index in [2.05, 4.69) is 34.4 Å². The van der Waals surface area contributed by atoms with Gasteiger partial charge in [-0.25, -0.2) is 4.98 Å². The molecular weight excluding hydrogens is 240 g/mol. The van der Waals surface area contributed by atoms with Crippen molar-refractivity contribution in [2.45, 2.75) is 13.8 Å². The van der Waals surface area contributed by atoms with Crippen molar-refractivity contribution in [2.24, 2.45) is 5.92 Å². The van der Waals surface area contributed by atoms with Gasteiger partial charge in [0.05, 0.1) is 23.8 Å². The highest BCUT2D eigenvalue weighted by Crippen LogP contribution is 2.10. The zero-order chi connectivity index (χ0) is 13.7. The fourth-order valence-electron chi connectivity index (χ4n) is 1.59. The van der Waals surface area contributed by atoms with Crippen LogP contribution in [0, 0.1) is 5.92 Å². The summed E-state index contributed by atoms with van der Waals surface area (Å²) in [5, 5.41) is 5.81. The Morgan fingerprint density at radius 1 is 1.26 bits per heavy atom. The van der Waals surface area contributed by atoms with E-state index in [1.54, 1.807) is 6.20 Å². The minimum Gasteiger partial charge on any atom is -0.360 e. The molecule has 5 heteroatoms. The molecule has 1 heterocycles. The molecule has 0 unspecified atom stereocenters. The van der Waals surface area contributed by atoms with Crippen LogP contribution in [0.2, 0.25) is 0 Å². The molecule has 1 aromatic carbocycles. The van der Waals surface area contributed by atoms with Gasteiger partial charge >= 0.3 is 0 Å². The van der Waals surface area contributed by atoms with Crippen LogP contribution in [0.1, 0.15) is 13.8 Å². The first kappa shape index (κ1) is 13.3. The van der Waals surface area contributed by atoms with Crippen LogP contribution in [-0.4, -0.2) is 29.0 Å². The molecule has 0 bridgehead atoms. The molecule has 2 N–H and O–H groups in total. The van der Waals surface area contributed by atoms with Crippen LogP contribution in [0.5, 0.6) is 0 Å². The number of rotatable bonds is 5. The molecule has 5 nitrogen and oxygen atoms in total. The van der Waals surface area contributed by atoms with Gasteiger partial charge in [0, 0.05) is 6.54 Å². The molecule has 19 heavy (non-hydrogen) atoms. The van der Waals surface area contributed by atoms with Gasteiger partial charge in [0.1, 0.15) is 5.82 Å². The number of nitrogens with one attached hydrogen (secondary N) is 2. The number of nitrogens with zero attached hydrogens (tertiary/aromatic N) is 2. The van der Waals surface area contributed by atoms with Crippen LogP contribution in [-0.2, 0) is 4.79 Å². The summed E-state index contributed by atoms with van der Waals surface area (Å²) in [6.07, 6.45) is 1.64. The maximum atomic E-state index is 11.6. The predicted octanol–water partition coefficient (Wildman–Crippen LogP) is 1.81. The van der Waals surface area contributed by atoms with Gasteiger partial charge < -0.3 is 10.6 Å². The smallest absolute Gasteiger partial charge is 0.239 e. The Bertz CT molecular complexity index is 568. The number of hydrogen-bond acceptors (Lipinski definition) is 4.